The predicted octanol–water partition coefficient (Wildman–Crippen LogP) is 1.26. The summed E-state index contributed by atoms with van der Waals surface area (Å²) in [5.74, 6) is 1.07. The number of nitrogens with zero attached hydrogens (tertiary/aromatic N) is 1. The van der Waals surface area contributed by atoms with Crippen molar-refractivity contribution in [1.82, 2.24) is 5.32 Å². The fraction of sp³-hybridized carbons (Fsp3) is 0.500. The van der Waals surface area contributed by atoms with Crippen molar-refractivity contribution in [3.63, 3.8) is 0 Å². The molecule has 0 amide bonds. The molecule has 0 aromatic heterocycles. The third-order valence-electron chi connectivity index (χ3n) is 3.47. The van der Waals surface area contributed by atoms with Gasteiger partial charge in [0.05, 0.1) is 11.5 Å². The number of nitriles is 1. The van der Waals surface area contributed by atoms with E-state index in [1.807, 2.05) is 37.3 Å². The molecule has 0 radical (unpaired) electrons. The Bertz CT molecular complexity index is 622. The molecule has 5 nitrogen and oxygen atoms in total. The first-order valence-corrected chi connectivity index (χ1v) is 8.29. The van der Waals surface area contributed by atoms with Crippen LogP contribution in [0.4, 0.5) is 0 Å². The van der Waals surface area contributed by atoms with Gasteiger partial charge in [0.15, 0.2) is 16.4 Å². The molecular weight excluding hydrogens is 276 g/mol. The molecule has 1 N–H and O–H groups in total. The zero-order chi connectivity index (χ0) is 14.6. The highest BCUT2D eigenvalue weighted by Crippen LogP contribution is 2.25. The Kier molecular flexibility index (Phi) is 4.31. The summed E-state index contributed by atoms with van der Waals surface area (Å²) in [6, 6.07) is 9.39. The Morgan fingerprint density at radius 2 is 2.20 bits per heavy atom. The standard InChI is InChI=1S/C14H18N2O3S/c1-14(6-9-20(17,18)11-14)16-10-12-4-2-3-5-13(12)19-8-7-15/h2-5,16H,6,8-11H2,1H3. The van der Waals surface area contributed by atoms with Crippen LogP contribution in [0, 0.1) is 11.3 Å². The Morgan fingerprint density at radius 3 is 2.85 bits per heavy atom. The average molecular weight is 294 g/mol. The first kappa shape index (κ1) is 14.8. The molecule has 1 unspecified atom stereocenters. The zero-order valence-electron chi connectivity index (χ0n) is 11.4. The molecule has 6 heteroatoms. The monoisotopic (exact) mass is 294 g/mol. The van der Waals surface area contributed by atoms with Crippen LogP contribution in [-0.2, 0) is 16.4 Å². The number of para-hydroxylation sites is 1. The highest BCUT2D eigenvalue weighted by Gasteiger charge is 2.37. The number of hydrogen-bond acceptors (Lipinski definition) is 5. The van der Waals surface area contributed by atoms with Crippen LogP contribution in [0.1, 0.15) is 18.9 Å². The maximum Gasteiger partial charge on any atom is 0.174 e. The second kappa shape index (κ2) is 5.81. The van der Waals surface area contributed by atoms with Crippen LogP contribution in [0.3, 0.4) is 0 Å². The van der Waals surface area contributed by atoms with Crippen LogP contribution >= 0.6 is 0 Å². The van der Waals surface area contributed by atoms with E-state index in [1.54, 1.807) is 0 Å². The molecule has 0 aliphatic carbocycles. The third kappa shape index (κ3) is 3.71. The summed E-state index contributed by atoms with van der Waals surface area (Å²) in [6.45, 7) is 2.45. The lowest BCUT2D eigenvalue weighted by Gasteiger charge is -2.24. The van der Waals surface area contributed by atoms with Gasteiger partial charge in [-0.3, -0.25) is 0 Å². The normalized spacial score (nSPS) is 24.2. The van der Waals surface area contributed by atoms with Crippen molar-refractivity contribution in [3.8, 4) is 11.8 Å². The van der Waals surface area contributed by atoms with Crippen molar-refractivity contribution >= 4 is 9.84 Å². The van der Waals surface area contributed by atoms with Gasteiger partial charge in [-0.15, -0.1) is 0 Å². The lowest BCUT2D eigenvalue weighted by Crippen LogP contribution is -2.42. The van der Waals surface area contributed by atoms with Crippen LogP contribution in [-0.4, -0.2) is 32.1 Å². The summed E-state index contributed by atoms with van der Waals surface area (Å²) < 4.78 is 28.5. The quantitative estimate of drug-likeness (QED) is 0.884. The molecular formula is C14H18N2O3S. The van der Waals surface area contributed by atoms with Gasteiger partial charge in [-0.05, 0) is 19.4 Å². The van der Waals surface area contributed by atoms with E-state index in [0.29, 0.717) is 18.7 Å². The highest BCUT2D eigenvalue weighted by molar-refractivity contribution is 7.91. The van der Waals surface area contributed by atoms with E-state index in [9.17, 15) is 8.42 Å². The predicted molar refractivity (Wildman–Crippen MR) is 76.1 cm³/mol. The molecule has 0 bridgehead atoms. The van der Waals surface area contributed by atoms with E-state index >= 15 is 0 Å². The summed E-state index contributed by atoms with van der Waals surface area (Å²) in [4.78, 5) is 0. The van der Waals surface area contributed by atoms with Crippen molar-refractivity contribution in [2.45, 2.75) is 25.4 Å². The van der Waals surface area contributed by atoms with Crippen LogP contribution in [0.2, 0.25) is 0 Å². The minimum atomic E-state index is -2.92. The Morgan fingerprint density at radius 1 is 1.45 bits per heavy atom. The van der Waals surface area contributed by atoms with Gasteiger partial charge in [-0.25, -0.2) is 8.42 Å². The van der Waals surface area contributed by atoms with Gasteiger partial charge in [0.2, 0.25) is 0 Å². The van der Waals surface area contributed by atoms with E-state index in [2.05, 4.69) is 5.32 Å². The summed E-state index contributed by atoms with van der Waals surface area (Å²) in [7, 11) is -2.92. The highest BCUT2D eigenvalue weighted by atomic mass is 32.2. The van der Waals surface area contributed by atoms with Crippen LogP contribution < -0.4 is 10.1 Å². The maximum atomic E-state index is 11.6. The van der Waals surface area contributed by atoms with Gasteiger partial charge in [0.25, 0.3) is 0 Å². The molecule has 2 rings (SSSR count). The zero-order valence-corrected chi connectivity index (χ0v) is 12.2. The van der Waals surface area contributed by atoms with Gasteiger partial charge < -0.3 is 10.1 Å². The SMILES string of the molecule is CC1(NCc2ccccc2OCC#N)CCS(=O)(=O)C1. The lowest BCUT2D eigenvalue weighted by molar-refractivity contribution is 0.353. The molecule has 1 aromatic carbocycles. The fourth-order valence-electron chi connectivity index (χ4n) is 2.36. The first-order chi connectivity index (χ1) is 9.44. The molecule has 1 aliphatic heterocycles. The van der Waals surface area contributed by atoms with Crippen LogP contribution in [0.15, 0.2) is 24.3 Å². The second-order valence-electron chi connectivity index (χ2n) is 5.31. The summed E-state index contributed by atoms with van der Waals surface area (Å²) in [5, 5.41) is 11.9. The largest absolute Gasteiger partial charge is 0.478 e. The molecule has 0 saturated carbocycles. The first-order valence-electron chi connectivity index (χ1n) is 6.47. The van der Waals surface area contributed by atoms with E-state index in [-0.39, 0.29) is 23.7 Å². The maximum absolute atomic E-state index is 11.6. The summed E-state index contributed by atoms with van der Waals surface area (Å²) in [5.41, 5.74) is 0.537. The van der Waals surface area contributed by atoms with Crippen LogP contribution in [0.5, 0.6) is 5.75 Å². The lowest BCUT2D eigenvalue weighted by atomic mass is 10.0. The Hall–Kier alpha value is -1.58. The molecule has 108 valence electrons. The molecule has 0 spiro atoms. The van der Waals surface area contributed by atoms with E-state index in [1.165, 1.54) is 0 Å². The number of benzene rings is 1. The van der Waals surface area contributed by atoms with Gasteiger partial charge >= 0.3 is 0 Å². The van der Waals surface area contributed by atoms with Gasteiger partial charge in [-0.1, -0.05) is 18.2 Å². The van der Waals surface area contributed by atoms with Crippen molar-refractivity contribution in [2.75, 3.05) is 18.1 Å². The molecule has 1 fully saturated rings. The smallest absolute Gasteiger partial charge is 0.174 e. The molecule has 1 aliphatic rings. The third-order valence-corrected chi connectivity index (χ3v) is 5.38. The molecule has 1 heterocycles. The topological polar surface area (TPSA) is 79.2 Å². The summed E-state index contributed by atoms with van der Waals surface area (Å²) >= 11 is 0. The number of nitrogens with one attached hydrogen (secondary N) is 1. The van der Waals surface area contributed by atoms with Gasteiger partial charge in [0, 0.05) is 17.6 Å². The number of rotatable bonds is 5. The van der Waals surface area contributed by atoms with E-state index in [4.69, 9.17) is 10.00 Å². The van der Waals surface area contributed by atoms with Crippen molar-refractivity contribution < 1.29 is 13.2 Å². The van der Waals surface area contributed by atoms with Gasteiger partial charge in [0.1, 0.15) is 11.8 Å². The number of sulfone groups is 1. The van der Waals surface area contributed by atoms with E-state index in [0.717, 1.165) is 5.56 Å². The fourth-order valence-corrected chi connectivity index (χ4v) is 4.48. The molecule has 1 saturated heterocycles. The number of hydrogen-bond donors (Lipinski definition) is 1. The Balaban J connectivity index is 2.03. The van der Waals surface area contributed by atoms with Crippen molar-refractivity contribution in [3.05, 3.63) is 29.8 Å². The van der Waals surface area contributed by atoms with Crippen LogP contribution in [0.25, 0.3) is 0 Å². The van der Waals surface area contributed by atoms with E-state index < -0.39 is 9.84 Å². The number of ether oxygens (including phenoxy) is 1. The molecule has 1 atom stereocenters. The van der Waals surface area contributed by atoms with Crippen molar-refractivity contribution in [2.24, 2.45) is 0 Å². The molecule has 1 aromatic rings. The minimum absolute atomic E-state index is 0.00264. The molecule has 20 heavy (non-hydrogen) atoms. The summed E-state index contributed by atoms with van der Waals surface area (Å²) in [6.07, 6.45) is 0.622. The second-order valence-corrected chi connectivity index (χ2v) is 7.49. The van der Waals surface area contributed by atoms with Crippen molar-refractivity contribution in [1.29, 1.82) is 5.26 Å². The average Bonchev–Trinajstić information content (AvgIpc) is 2.69. The minimum Gasteiger partial charge on any atom is -0.478 e. The Labute approximate surface area is 119 Å². The van der Waals surface area contributed by atoms with Gasteiger partial charge in [-0.2, -0.15) is 5.26 Å².